The predicted octanol–water partition coefficient (Wildman–Crippen LogP) is 2.97. The highest BCUT2D eigenvalue weighted by Gasteiger charge is 2.49. The number of carbonyl (C=O) groups is 2. The second-order valence-corrected chi connectivity index (χ2v) is 6.95. The Morgan fingerprint density at radius 3 is 2.91 bits per heavy atom. The highest BCUT2D eigenvalue weighted by Crippen LogP contribution is 2.42. The van der Waals surface area contributed by atoms with Crippen LogP contribution in [0.4, 0.5) is 0 Å². The third-order valence-electron chi connectivity index (χ3n) is 5.67. The molecule has 0 radical (unpaired) electrons. The first kappa shape index (κ1) is 14.5. The topological polar surface area (TPSA) is 57.6 Å². The lowest BCUT2D eigenvalue weighted by Gasteiger charge is -2.25. The van der Waals surface area contributed by atoms with E-state index in [1.165, 1.54) is 11.1 Å². The van der Waals surface area contributed by atoms with Crippen molar-refractivity contribution < 1.29 is 14.7 Å². The molecule has 3 unspecified atom stereocenters. The predicted molar refractivity (Wildman–Crippen MR) is 87.1 cm³/mol. The van der Waals surface area contributed by atoms with Crippen LogP contribution < -0.4 is 0 Å². The normalized spacial score (nSPS) is 28.5. The standard InChI is InChI=1S/C19H21NO3/c21-18(14-9-8-12-4-1-2-5-13(12)10-14)20-11-15-6-3-7-16(15)17(20)19(22)23/h1,4,8-10,15-17H,2-3,5-7,11H2,(H,22,23). The highest BCUT2D eigenvalue weighted by molar-refractivity contribution is 5.97. The number of hydrogen-bond donors (Lipinski definition) is 1. The first-order valence-electron chi connectivity index (χ1n) is 8.48. The molecule has 3 atom stereocenters. The van der Waals surface area contributed by atoms with E-state index in [9.17, 15) is 14.7 Å². The molecule has 0 bridgehead atoms. The molecule has 1 N–H and O–H groups in total. The van der Waals surface area contributed by atoms with Crippen LogP contribution in [0.5, 0.6) is 0 Å². The number of amides is 1. The summed E-state index contributed by atoms with van der Waals surface area (Å²) in [6.45, 7) is 0.595. The van der Waals surface area contributed by atoms with Crippen LogP contribution in [0.15, 0.2) is 24.3 Å². The molecule has 4 rings (SSSR count). The Bertz CT molecular complexity index is 694. The van der Waals surface area contributed by atoms with Gasteiger partial charge in [-0.05, 0) is 60.8 Å². The van der Waals surface area contributed by atoms with E-state index >= 15 is 0 Å². The van der Waals surface area contributed by atoms with Gasteiger partial charge in [0.25, 0.3) is 5.91 Å². The maximum absolute atomic E-state index is 12.9. The van der Waals surface area contributed by atoms with Gasteiger partial charge in [0, 0.05) is 12.1 Å². The largest absolute Gasteiger partial charge is 0.480 e. The minimum atomic E-state index is -0.853. The smallest absolute Gasteiger partial charge is 0.326 e. The molecule has 0 spiro atoms. The molecule has 23 heavy (non-hydrogen) atoms. The summed E-state index contributed by atoms with van der Waals surface area (Å²) in [5.41, 5.74) is 2.98. The van der Waals surface area contributed by atoms with Gasteiger partial charge in [0.2, 0.25) is 0 Å². The zero-order chi connectivity index (χ0) is 16.0. The molecule has 1 saturated heterocycles. The molecule has 1 saturated carbocycles. The molecule has 0 aromatic heterocycles. The summed E-state index contributed by atoms with van der Waals surface area (Å²) in [4.78, 5) is 26.3. The minimum absolute atomic E-state index is 0.121. The summed E-state index contributed by atoms with van der Waals surface area (Å²) in [5.74, 6) is -0.476. The van der Waals surface area contributed by atoms with Crippen molar-refractivity contribution in [1.29, 1.82) is 0 Å². The fraction of sp³-hybridized carbons (Fsp3) is 0.474. The second-order valence-electron chi connectivity index (χ2n) is 6.95. The Labute approximate surface area is 135 Å². The molecule has 1 heterocycles. The quantitative estimate of drug-likeness (QED) is 0.913. The van der Waals surface area contributed by atoms with Crippen molar-refractivity contribution >= 4 is 18.0 Å². The fourth-order valence-electron chi connectivity index (χ4n) is 4.56. The lowest BCUT2D eigenvalue weighted by atomic mass is 9.93. The molecule has 1 aromatic rings. The molecular weight excluding hydrogens is 290 g/mol. The first-order chi connectivity index (χ1) is 11.1. The summed E-state index contributed by atoms with van der Waals surface area (Å²) >= 11 is 0. The molecule has 2 aliphatic carbocycles. The van der Waals surface area contributed by atoms with Gasteiger partial charge in [-0.1, -0.05) is 24.6 Å². The van der Waals surface area contributed by atoms with Crippen LogP contribution in [0.1, 0.15) is 47.2 Å². The van der Waals surface area contributed by atoms with Gasteiger partial charge in [-0.25, -0.2) is 4.79 Å². The van der Waals surface area contributed by atoms with Crippen molar-refractivity contribution in [2.75, 3.05) is 6.54 Å². The highest BCUT2D eigenvalue weighted by atomic mass is 16.4. The molecule has 120 valence electrons. The average molecular weight is 311 g/mol. The van der Waals surface area contributed by atoms with Gasteiger partial charge in [-0.3, -0.25) is 4.79 Å². The molecule has 4 heteroatoms. The zero-order valence-electron chi connectivity index (χ0n) is 13.1. The van der Waals surface area contributed by atoms with Gasteiger partial charge < -0.3 is 10.0 Å². The molecule has 1 aromatic carbocycles. The van der Waals surface area contributed by atoms with Gasteiger partial charge in [0.1, 0.15) is 6.04 Å². The van der Waals surface area contributed by atoms with E-state index in [-0.39, 0.29) is 11.8 Å². The molecule has 2 fully saturated rings. The van der Waals surface area contributed by atoms with Crippen molar-refractivity contribution in [3.05, 3.63) is 41.0 Å². The number of aliphatic carboxylic acids is 1. The SMILES string of the molecule is O=C(O)C1C2CCCC2CN1C(=O)c1ccc2c(c1)CCC=C2. The molecule has 3 aliphatic rings. The maximum atomic E-state index is 12.9. The van der Waals surface area contributed by atoms with Crippen LogP contribution in [0.25, 0.3) is 6.08 Å². The van der Waals surface area contributed by atoms with E-state index < -0.39 is 12.0 Å². The fourth-order valence-corrected chi connectivity index (χ4v) is 4.56. The number of hydrogen-bond acceptors (Lipinski definition) is 2. The van der Waals surface area contributed by atoms with E-state index in [1.807, 2.05) is 18.2 Å². The van der Waals surface area contributed by atoms with E-state index in [0.717, 1.165) is 32.1 Å². The Balaban J connectivity index is 1.63. The molecule has 1 amide bonds. The van der Waals surface area contributed by atoms with Gasteiger partial charge in [0.05, 0.1) is 0 Å². The van der Waals surface area contributed by atoms with E-state index in [4.69, 9.17) is 0 Å². The molecule has 4 nitrogen and oxygen atoms in total. The summed E-state index contributed by atoms with van der Waals surface area (Å²) in [7, 11) is 0. The summed E-state index contributed by atoms with van der Waals surface area (Å²) in [6, 6.07) is 5.12. The van der Waals surface area contributed by atoms with Gasteiger partial charge in [-0.2, -0.15) is 0 Å². The number of rotatable bonds is 2. The van der Waals surface area contributed by atoms with Crippen LogP contribution in [0.3, 0.4) is 0 Å². The number of carboxylic acids is 1. The zero-order valence-corrected chi connectivity index (χ0v) is 13.1. The third-order valence-corrected chi connectivity index (χ3v) is 5.67. The number of likely N-dealkylation sites (tertiary alicyclic amines) is 1. The summed E-state index contributed by atoms with van der Waals surface area (Å²) in [5, 5.41) is 9.62. The van der Waals surface area contributed by atoms with Gasteiger partial charge in [-0.15, -0.1) is 0 Å². The monoisotopic (exact) mass is 311 g/mol. The van der Waals surface area contributed by atoms with Crippen LogP contribution in [-0.2, 0) is 11.2 Å². The number of aryl methyl sites for hydroxylation is 1. The number of nitrogens with zero attached hydrogens (tertiary/aromatic N) is 1. The first-order valence-corrected chi connectivity index (χ1v) is 8.48. The van der Waals surface area contributed by atoms with E-state index in [2.05, 4.69) is 12.2 Å². The number of fused-ring (bicyclic) bond motifs is 2. The summed E-state index contributed by atoms with van der Waals surface area (Å²) < 4.78 is 0. The van der Waals surface area contributed by atoms with Crippen molar-refractivity contribution in [3.63, 3.8) is 0 Å². The molecular formula is C19H21NO3. The third kappa shape index (κ3) is 2.37. The van der Waals surface area contributed by atoms with Crippen LogP contribution in [-0.4, -0.2) is 34.5 Å². The lowest BCUT2D eigenvalue weighted by molar-refractivity contribution is -0.142. The van der Waals surface area contributed by atoms with Gasteiger partial charge in [0.15, 0.2) is 0 Å². The number of allylic oxidation sites excluding steroid dienone is 1. The molecule has 1 aliphatic heterocycles. The maximum Gasteiger partial charge on any atom is 0.326 e. The van der Waals surface area contributed by atoms with E-state index in [1.54, 1.807) is 4.90 Å². The van der Waals surface area contributed by atoms with Crippen LogP contribution in [0, 0.1) is 11.8 Å². The van der Waals surface area contributed by atoms with E-state index in [0.29, 0.717) is 18.0 Å². The Hall–Kier alpha value is -2.10. The van der Waals surface area contributed by atoms with Crippen LogP contribution in [0.2, 0.25) is 0 Å². The average Bonchev–Trinajstić information content (AvgIpc) is 3.13. The van der Waals surface area contributed by atoms with Crippen molar-refractivity contribution in [2.24, 2.45) is 11.8 Å². The Kier molecular flexibility index (Phi) is 3.47. The number of benzene rings is 1. The van der Waals surface area contributed by atoms with Crippen molar-refractivity contribution in [1.82, 2.24) is 4.90 Å². The number of carboxylic acid groups (broad SMARTS) is 1. The Morgan fingerprint density at radius 1 is 1.22 bits per heavy atom. The van der Waals surface area contributed by atoms with Crippen molar-refractivity contribution in [2.45, 2.75) is 38.1 Å². The minimum Gasteiger partial charge on any atom is -0.480 e. The second kappa shape index (κ2) is 5.52. The van der Waals surface area contributed by atoms with Crippen molar-refractivity contribution in [3.8, 4) is 0 Å². The van der Waals surface area contributed by atoms with Crippen LogP contribution >= 0.6 is 0 Å². The summed E-state index contributed by atoms with van der Waals surface area (Å²) in [6.07, 6.45) is 9.25. The lowest BCUT2D eigenvalue weighted by Crippen LogP contribution is -2.43. The Morgan fingerprint density at radius 2 is 2.09 bits per heavy atom. The number of carbonyl (C=O) groups excluding carboxylic acids is 1. The van der Waals surface area contributed by atoms with Gasteiger partial charge >= 0.3 is 5.97 Å².